The molecule has 0 aliphatic heterocycles. The number of anilines is 1. The van der Waals surface area contributed by atoms with E-state index in [9.17, 15) is 0 Å². The zero-order valence-corrected chi connectivity index (χ0v) is 10.1. The lowest BCUT2D eigenvalue weighted by Gasteiger charge is -2.20. The maximum atomic E-state index is 6.24. The lowest BCUT2D eigenvalue weighted by atomic mass is 9.87. The molecule has 0 unspecified atom stereocenters. The number of pyridine rings is 1. The molecule has 0 radical (unpaired) electrons. The summed E-state index contributed by atoms with van der Waals surface area (Å²) in [7, 11) is 0. The molecule has 3 rings (SSSR count). The summed E-state index contributed by atoms with van der Waals surface area (Å²) in [6, 6.07) is 4.05. The SMILES string of the molecule is Nc1c(C2CCCCC2)sc2ncccc12. The molecule has 2 nitrogen and oxygen atoms in total. The van der Waals surface area contributed by atoms with Crippen molar-refractivity contribution in [2.75, 3.05) is 5.73 Å². The molecule has 1 saturated carbocycles. The van der Waals surface area contributed by atoms with E-state index in [0.717, 1.165) is 15.9 Å². The summed E-state index contributed by atoms with van der Waals surface area (Å²) < 4.78 is 0. The molecule has 0 aromatic carbocycles. The Kier molecular flexibility index (Phi) is 2.56. The Bertz CT molecular complexity index is 498. The molecule has 0 amide bonds. The molecule has 1 fully saturated rings. The van der Waals surface area contributed by atoms with Crippen LogP contribution < -0.4 is 5.73 Å². The second kappa shape index (κ2) is 4.06. The number of thiophene rings is 1. The first-order valence-corrected chi connectivity index (χ1v) is 6.81. The average molecular weight is 232 g/mol. The zero-order valence-electron chi connectivity index (χ0n) is 9.28. The van der Waals surface area contributed by atoms with Crippen LogP contribution in [0, 0.1) is 0 Å². The van der Waals surface area contributed by atoms with Gasteiger partial charge in [-0.1, -0.05) is 19.3 Å². The first-order chi connectivity index (χ1) is 7.86. The van der Waals surface area contributed by atoms with Crippen LogP contribution >= 0.6 is 11.3 Å². The van der Waals surface area contributed by atoms with Crippen molar-refractivity contribution in [2.24, 2.45) is 0 Å². The highest BCUT2D eigenvalue weighted by Gasteiger charge is 2.21. The maximum absolute atomic E-state index is 6.24. The highest BCUT2D eigenvalue weighted by atomic mass is 32.1. The van der Waals surface area contributed by atoms with Crippen molar-refractivity contribution in [3.8, 4) is 0 Å². The third kappa shape index (κ3) is 1.59. The van der Waals surface area contributed by atoms with Crippen LogP contribution in [0.3, 0.4) is 0 Å². The van der Waals surface area contributed by atoms with E-state index >= 15 is 0 Å². The van der Waals surface area contributed by atoms with Gasteiger partial charge in [-0.05, 0) is 30.9 Å². The van der Waals surface area contributed by atoms with Crippen LogP contribution in [0.1, 0.15) is 42.9 Å². The number of hydrogen-bond donors (Lipinski definition) is 1. The van der Waals surface area contributed by atoms with Crippen LogP contribution in [-0.4, -0.2) is 4.98 Å². The molecule has 2 aromatic rings. The fourth-order valence-electron chi connectivity index (χ4n) is 2.64. The number of rotatable bonds is 1. The first-order valence-electron chi connectivity index (χ1n) is 5.99. The van der Waals surface area contributed by atoms with Gasteiger partial charge in [0, 0.05) is 16.5 Å². The minimum Gasteiger partial charge on any atom is -0.397 e. The van der Waals surface area contributed by atoms with Gasteiger partial charge in [-0.15, -0.1) is 11.3 Å². The fraction of sp³-hybridized carbons (Fsp3) is 0.462. The standard InChI is InChI=1S/C13H16N2S/c14-11-10-7-4-8-15-13(10)16-12(11)9-5-2-1-3-6-9/h4,7-9H,1-3,5-6,14H2. The molecule has 2 heterocycles. The van der Waals surface area contributed by atoms with Crippen molar-refractivity contribution in [1.29, 1.82) is 0 Å². The molecule has 0 bridgehead atoms. The summed E-state index contributed by atoms with van der Waals surface area (Å²) in [5, 5.41) is 1.15. The molecule has 0 atom stereocenters. The Morgan fingerprint density at radius 3 is 2.81 bits per heavy atom. The lowest BCUT2D eigenvalue weighted by Crippen LogP contribution is -2.04. The number of nitrogens with two attached hydrogens (primary N) is 1. The molecular formula is C13H16N2S. The summed E-state index contributed by atoms with van der Waals surface area (Å²) in [5.41, 5.74) is 7.23. The molecule has 2 N–H and O–H groups in total. The van der Waals surface area contributed by atoms with Crippen molar-refractivity contribution < 1.29 is 0 Å². The van der Waals surface area contributed by atoms with E-state index < -0.39 is 0 Å². The van der Waals surface area contributed by atoms with Crippen LogP contribution in [0.25, 0.3) is 10.2 Å². The van der Waals surface area contributed by atoms with Crippen LogP contribution in [-0.2, 0) is 0 Å². The Labute approximate surface area is 99.5 Å². The molecule has 0 spiro atoms. The number of nitrogens with zero attached hydrogens (tertiary/aromatic N) is 1. The summed E-state index contributed by atoms with van der Waals surface area (Å²) >= 11 is 1.79. The molecule has 0 saturated heterocycles. The van der Waals surface area contributed by atoms with Gasteiger partial charge in [0.15, 0.2) is 0 Å². The van der Waals surface area contributed by atoms with Gasteiger partial charge >= 0.3 is 0 Å². The third-order valence-corrected chi connectivity index (χ3v) is 4.80. The Morgan fingerprint density at radius 1 is 1.25 bits per heavy atom. The van der Waals surface area contributed by atoms with E-state index in [-0.39, 0.29) is 0 Å². The van der Waals surface area contributed by atoms with Crippen LogP contribution in [0.5, 0.6) is 0 Å². The van der Waals surface area contributed by atoms with Gasteiger partial charge in [-0.3, -0.25) is 0 Å². The molecule has 3 heteroatoms. The van der Waals surface area contributed by atoms with Crippen molar-refractivity contribution in [2.45, 2.75) is 38.0 Å². The van der Waals surface area contributed by atoms with Crippen molar-refractivity contribution >= 4 is 27.2 Å². The van der Waals surface area contributed by atoms with Gasteiger partial charge in [0.25, 0.3) is 0 Å². The molecule has 84 valence electrons. The van der Waals surface area contributed by atoms with E-state index in [2.05, 4.69) is 11.1 Å². The summed E-state index contributed by atoms with van der Waals surface area (Å²) in [4.78, 5) is 6.88. The fourth-order valence-corrected chi connectivity index (χ4v) is 3.87. The highest BCUT2D eigenvalue weighted by Crippen LogP contribution is 2.42. The predicted octanol–water partition coefficient (Wildman–Crippen LogP) is 3.93. The quantitative estimate of drug-likeness (QED) is 0.809. The minimum atomic E-state index is 0.688. The largest absolute Gasteiger partial charge is 0.397 e. The second-order valence-corrected chi connectivity index (χ2v) is 5.60. The zero-order chi connectivity index (χ0) is 11.0. The topological polar surface area (TPSA) is 38.9 Å². The van der Waals surface area contributed by atoms with Gasteiger partial charge < -0.3 is 5.73 Å². The smallest absolute Gasteiger partial charge is 0.125 e. The maximum Gasteiger partial charge on any atom is 0.125 e. The monoisotopic (exact) mass is 232 g/mol. The minimum absolute atomic E-state index is 0.688. The van der Waals surface area contributed by atoms with Crippen LogP contribution in [0.2, 0.25) is 0 Å². The Morgan fingerprint density at radius 2 is 2.06 bits per heavy atom. The molecule has 2 aromatic heterocycles. The van der Waals surface area contributed by atoms with Crippen LogP contribution in [0.4, 0.5) is 5.69 Å². The number of nitrogen functional groups attached to an aromatic ring is 1. The summed E-state index contributed by atoms with van der Waals surface area (Å²) in [6.07, 6.45) is 8.55. The van der Waals surface area contributed by atoms with Crippen molar-refractivity contribution in [3.05, 3.63) is 23.2 Å². The first kappa shape index (κ1) is 10.1. The Balaban J connectivity index is 2.05. The second-order valence-electron chi connectivity index (χ2n) is 4.57. The van der Waals surface area contributed by atoms with E-state index in [4.69, 9.17) is 5.73 Å². The van der Waals surface area contributed by atoms with Crippen LogP contribution in [0.15, 0.2) is 18.3 Å². The van der Waals surface area contributed by atoms with E-state index in [1.807, 2.05) is 12.3 Å². The van der Waals surface area contributed by atoms with Gasteiger partial charge in [0.2, 0.25) is 0 Å². The normalized spacial score (nSPS) is 18.0. The molecule has 16 heavy (non-hydrogen) atoms. The average Bonchev–Trinajstić information content (AvgIpc) is 2.69. The van der Waals surface area contributed by atoms with E-state index in [0.29, 0.717) is 5.92 Å². The van der Waals surface area contributed by atoms with Crippen molar-refractivity contribution in [3.63, 3.8) is 0 Å². The predicted molar refractivity (Wildman–Crippen MR) is 69.9 cm³/mol. The van der Waals surface area contributed by atoms with E-state index in [1.54, 1.807) is 11.3 Å². The lowest BCUT2D eigenvalue weighted by molar-refractivity contribution is 0.449. The Hall–Kier alpha value is -1.09. The van der Waals surface area contributed by atoms with Gasteiger partial charge in [-0.25, -0.2) is 4.98 Å². The van der Waals surface area contributed by atoms with Gasteiger partial charge in [0.05, 0.1) is 5.69 Å². The number of fused-ring (bicyclic) bond motifs is 1. The summed E-state index contributed by atoms with van der Waals surface area (Å²) in [6.45, 7) is 0. The molecule has 1 aliphatic rings. The third-order valence-electron chi connectivity index (χ3n) is 3.51. The van der Waals surface area contributed by atoms with Gasteiger partial charge in [0.1, 0.15) is 4.83 Å². The summed E-state index contributed by atoms with van der Waals surface area (Å²) in [5.74, 6) is 0.688. The highest BCUT2D eigenvalue weighted by molar-refractivity contribution is 7.19. The number of aromatic nitrogens is 1. The number of hydrogen-bond acceptors (Lipinski definition) is 3. The van der Waals surface area contributed by atoms with Gasteiger partial charge in [-0.2, -0.15) is 0 Å². The van der Waals surface area contributed by atoms with Crippen molar-refractivity contribution in [1.82, 2.24) is 4.98 Å². The molecular weight excluding hydrogens is 216 g/mol. The molecule has 1 aliphatic carbocycles. The van der Waals surface area contributed by atoms with E-state index in [1.165, 1.54) is 37.0 Å².